The molecular weight excluding hydrogens is 470 g/mol. The number of nitrogens with two attached hydrogens (primary N) is 1. The molecule has 12 heteroatoms. The zero-order valence-corrected chi connectivity index (χ0v) is 20.1. The smallest absolute Gasteiger partial charge is 0.341 e. The lowest BCUT2D eigenvalue weighted by atomic mass is 10.0. The predicted octanol–water partition coefficient (Wildman–Crippen LogP) is 0.376. The first-order valence-corrected chi connectivity index (χ1v) is 11.8. The van der Waals surface area contributed by atoms with Crippen LogP contribution in [0.2, 0.25) is 0 Å². The van der Waals surface area contributed by atoms with Crippen molar-refractivity contribution >= 4 is 23.7 Å². The van der Waals surface area contributed by atoms with E-state index < -0.39 is 25.2 Å². The predicted molar refractivity (Wildman–Crippen MR) is 131 cm³/mol. The second-order valence-electron chi connectivity index (χ2n) is 8.83. The maximum absolute atomic E-state index is 12.9. The standard InChI is InChI=1S/C24H33N5O7/c25-24(26)29-10-4-16(12-29)3-7-27-18-5-8-28(9-6-18)13-19(30)17-1-2-20(35-14-22(31)32)21(11-17)36-15-23(33)34/h1-2,4,11,18,27H,3,5-10,12-15H2,(H3,25,26)(H,31,32)(H,33,34). The molecule has 0 amide bonds. The van der Waals surface area contributed by atoms with Crippen molar-refractivity contribution in [2.45, 2.75) is 25.3 Å². The lowest BCUT2D eigenvalue weighted by Crippen LogP contribution is -2.44. The Labute approximate surface area is 209 Å². The van der Waals surface area contributed by atoms with Crippen molar-refractivity contribution in [3.63, 3.8) is 0 Å². The largest absolute Gasteiger partial charge is 0.479 e. The van der Waals surface area contributed by atoms with Crippen molar-refractivity contribution in [3.05, 3.63) is 35.4 Å². The van der Waals surface area contributed by atoms with Crippen LogP contribution in [-0.2, 0) is 9.59 Å². The molecule has 6 N–H and O–H groups in total. The molecule has 2 aliphatic heterocycles. The molecule has 36 heavy (non-hydrogen) atoms. The maximum atomic E-state index is 12.9. The SMILES string of the molecule is N=C(N)N1CC=C(CCNC2CCN(CC(=O)c3ccc(OCC(=O)O)c(OCC(=O)O)c3)CC2)C1. The topological polar surface area (TPSA) is 179 Å². The van der Waals surface area contributed by atoms with Gasteiger partial charge in [-0.3, -0.25) is 15.1 Å². The van der Waals surface area contributed by atoms with Gasteiger partial charge in [0.2, 0.25) is 0 Å². The Hall–Kier alpha value is -3.64. The number of nitrogens with one attached hydrogen (secondary N) is 2. The van der Waals surface area contributed by atoms with Gasteiger partial charge in [0, 0.05) is 37.8 Å². The highest BCUT2D eigenvalue weighted by Crippen LogP contribution is 2.29. The Morgan fingerprint density at radius 2 is 1.75 bits per heavy atom. The van der Waals surface area contributed by atoms with Crippen molar-refractivity contribution in [3.8, 4) is 11.5 Å². The number of carbonyl (C=O) groups excluding carboxylic acids is 1. The first kappa shape index (κ1) is 27.0. The third-order valence-electron chi connectivity index (χ3n) is 6.14. The van der Waals surface area contributed by atoms with E-state index in [1.807, 2.05) is 4.90 Å². The van der Waals surface area contributed by atoms with Crippen LogP contribution in [0, 0.1) is 5.41 Å². The number of carboxylic acid groups (broad SMARTS) is 2. The number of guanidine groups is 1. The highest BCUT2D eigenvalue weighted by Gasteiger charge is 2.22. The summed E-state index contributed by atoms with van der Waals surface area (Å²) < 4.78 is 10.3. The zero-order chi connectivity index (χ0) is 26.1. The molecule has 1 saturated heterocycles. The van der Waals surface area contributed by atoms with E-state index in [1.54, 1.807) is 0 Å². The third-order valence-corrected chi connectivity index (χ3v) is 6.14. The van der Waals surface area contributed by atoms with Crippen molar-refractivity contribution in [1.82, 2.24) is 15.1 Å². The van der Waals surface area contributed by atoms with E-state index in [9.17, 15) is 14.4 Å². The van der Waals surface area contributed by atoms with Gasteiger partial charge in [-0.15, -0.1) is 0 Å². The number of piperidine rings is 1. The van der Waals surface area contributed by atoms with Crippen LogP contribution < -0.4 is 20.5 Å². The second kappa shape index (κ2) is 12.9. The fourth-order valence-electron chi connectivity index (χ4n) is 4.20. The van der Waals surface area contributed by atoms with Crippen LogP contribution in [0.5, 0.6) is 11.5 Å². The summed E-state index contributed by atoms with van der Waals surface area (Å²) in [6, 6.07) is 4.71. The molecule has 1 aromatic rings. The van der Waals surface area contributed by atoms with Gasteiger partial charge >= 0.3 is 11.9 Å². The molecule has 0 unspecified atom stereocenters. The number of ketones is 1. The number of ether oxygens (including phenoxy) is 2. The summed E-state index contributed by atoms with van der Waals surface area (Å²) in [6.45, 7) is 2.77. The number of carbonyl (C=O) groups is 3. The minimum Gasteiger partial charge on any atom is -0.479 e. The van der Waals surface area contributed by atoms with Crippen LogP contribution >= 0.6 is 0 Å². The minimum atomic E-state index is -1.20. The van der Waals surface area contributed by atoms with Crippen molar-refractivity contribution in [2.24, 2.45) is 5.73 Å². The molecule has 2 aliphatic rings. The Balaban J connectivity index is 1.45. The summed E-state index contributed by atoms with van der Waals surface area (Å²) >= 11 is 0. The normalized spacial score (nSPS) is 16.4. The molecule has 0 bridgehead atoms. The van der Waals surface area contributed by atoms with Crippen LogP contribution in [0.15, 0.2) is 29.8 Å². The van der Waals surface area contributed by atoms with Crippen LogP contribution in [0.4, 0.5) is 0 Å². The zero-order valence-electron chi connectivity index (χ0n) is 20.1. The van der Waals surface area contributed by atoms with Gasteiger partial charge in [-0.1, -0.05) is 11.6 Å². The highest BCUT2D eigenvalue weighted by molar-refractivity contribution is 5.98. The minimum absolute atomic E-state index is 0.0104. The number of likely N-dealkylation sites (tertiary alicyclic amines) is 1. The average molecular weight is 504 g/mol. The molecule has 1 fully saturated rings. The van der Waals surface area contributed by atoms with E-state index in [-0.39, 0.29) is 29.8 Å². The van der Waals surface area contributed by atoms with Crippen LogP contribution in [-0.4, -0.2) is 102 Å². The summed E-state index contributed by atoms with van der Waals surface area (Å²) in [4.78, 5) is 38.4. The van der Waals surface area contributed by atoms with E-state index in [0.717, 1.165) is 38.9 Å². The second-order valence-corrected chi connectivity index (χ2v) is 8.83. The van der Waals surface area contributed by atoms with Crippen molar-refractivity contribution < 1.29 is 34.1 Å². The number of aliphatic carboxylic acids is 2. The Morgan fingerprint density at radius 3 is 2.36 bits per heavy atom. The Morgan fingerprint density at radius 1 is 1.08 bits per heavy atom. The molecule has 3 rings (SSSR count). The molecule has 0 atom stereocenters. The molecule has 0 saturated carbocycles. The van der Waals surface area contributed by atoms with Crippen LogP contribution in [0.25, 0.3) is 0 Å². The van der Waals surface area contributed by atoms with Gasteiger partial charge in [0.15, 0.2) is 36.5 Å². The van der Waals surface area contributed by atoms with Gasteiger partial charge in [-0.25, -0.2) is 9.59 Å². The van der Waals surface area contributed by atoms with E-state index >= 15 is 0 Å². The summed E-state index contributed by atoms with van der Waals surface area (Å²) in [5.74, 6) is -2.37. The van der Waals surface area contributed by atoms with E-state index in [4.69, 9.17) is 30.8 Å². The first-order valence-electron chi connectivity index (χ1n) is 11.8. The molecule has 196 valence electrons. The Bertz CT molecular complexity index is 1000. The summed E-state index contributed by atoms with van der Waals surface area (Å²) in [5, 5.41) is 28.8. The average Bonchev–Trinajstić information content (AvgIpc) is 3.32. The molecule has 0 aromatic heterocycles. The van der Waals surface area contributed by atoms with Crippen LogP contribution in [0.3, 0.4) is 0 Å². The molecular formula is C24H33N5O7. The number of Topliss-reactive ketones (excluding diaryl/α,β-unsaturated/α-hetero) is 1. The fraction of sp³-hybridized carbons (Fsp3) is 0.500. The maximum Gasteiger partial charge on any atom is 0.341 e. The van der Waals surface area contributed by atoms with Gasteiger partial charge in [0.25, 0.3) is 0 Å². The Kier molecular flexibility index (Phi) is 9.65. The van der Waals surface area contributed by atoms with Crippen molar-refractivity contribution in [2.75, 3.05) is 52.5 Å². The van der Waals surface area contributed by atoms with Gasteiger partial charge in [-0.2, -0.15) is 0 Å². The number of rotatable bonds is 13. The van der Waals surface area contributed by atoms with Gasteiger partial charge in [-0.05, 0) is 44.0 Å². The number of hydrogen-bond acceptors (Lipinski definition) is 8. The van der Waals surface area contributed by atoms with Crippen molar-refractivity contribution in [1.29, 1.82) is 5.41 Å². The number of carboxylic acids is 2. The molecule has 0 radical (unpaired) electrons. The first-order chi connectivity index (χ1) is 17.2. The number of benzene rings is 1. The van der Waals surface area contributed by atoms with Gasteiger partial charge in [0.05, 0.1) is 6.54 Å². The molecule has 0 spiro atoms. The number of hydrogen-bond donors (Lipinski definition) is 5. The quantitative estimate of drug-likeness (QED) is 0.109. The lowest BCUT2D eigenvalue weighted by Gasteiger charge is -2.32. The van der Waals surface area contributed by atoms with E-state index in [0.29, 0.717) is 24.7 Å². The summed E-state index contributed by atoms with van der Waals surface area (Å²) in [6.07, 6.45) is 4.88. The number of nitrogens with zero attached hydrogens (tertiary/aromatic N) is 2. The summed E-state index contributed by atoms with van der Waals surface area (Å²) in [7, 11) is 0. The molecule has 2 heterocycles. The van der Waals surface area contributed by atoms with Gasteiger partial charge < -0.3 is 35.6 Å². The van der Waals surface area contributed by atoms with E-state index in [2.05, 4.69) is 16.3 Å². The molecule has 1 aromatic carbocycles. The molecule has 12 nitrogen and oxygen atoms in total. The lowest BCUT2D eigenvalue weighted by molar-refractivity contribution is -0.140. The van der Waals surface area contributed by atoms with E-state index in [1.165, 1.54) is 23.8 Å². The summed E-state index contributed by atoms with van der Waals surface area (Å²) in [5.41, 5.74) is 7.15. The van der Waals surface area contributed by atoms with Crippen LogP contribution in [0.1, 0.15) is 29.6 Å². The van der Waals surface area contributed by atoms with Gasteiger partial charge in [0.1, 0.15) is 0 Å². The highest BCUT2D eigenvalue weighted by atomic mass is 16.5. The molecule has 0 aliphatic carbocycles. The monoisotopic (exact) mass is 503 g/mol. The third kappa shape index (κ3) is 8.24. The fourth-order valence-corrected chi connectivity index (χ4v) is 4.20.